The van der Waals surface area contributed by atoms with Gasteiger partial charge in [-0.2, -0.15) is 0 Å². The highest BCUT2D eigenvalue weighted by atomic mass is 19.1. The standard InChI is InChI=1S/C10H12FNO/c1-7(2)6-13-10-4-3-8(12)5-9(10)11/h3-5H,1,6,12H2,2H3. The Hall–Kier alpha value is -1.51. The SMILES string of the molecule is C=C(C)COc1ccc(N)cc1F. The second kappa shape index (κ2) is 3.94. The number of ether oxygens (including phenoxy) is 1. The molecule has 0 fully saturated rings. The highest BCUT2D eigenvalue weighted by molar-refractivity contribution is 5.42. The minimum absolute atomic E-state index is 0.206. The van der Waals surface area contributed by atoms with Crippen LogP contribution in [0.4, 0.5) is 10.1 Å². The summed E-state index contributed by atoms with van der Waals surface area (Å²) in [5.74, 6) is -0.238. The number of anilines is 1. The topological polar surface area (TPSA) is 35.2 Å². The molecule has 0 aliphatic carbocycles. The number of nitrogens with two attached hydrogens (primary N) is 1. The van der Waals surface area contributed by atoms with Crippen molar-refractivity contribution in [2.75, 3.05) is 12.3 Å². The number of hydrogen-bond donors (Lipinski definition) is 1. The molecule has 2 N–H and O–H groups in total. The van der Waals surface area contributed by atoms with Crippen molar-refractivity contribution in [2.45, 2.75) is 6.92 Å². The lowest BCUT2D eigenvalue weighted by Gasteiger charge is -2.06. The maximum absolute atomic E-state index is 13.1. The number of benzene rings is 1. The summed E-state index contributed by atoms with van der Waals surface area (Å²) >= 11 is 0. The number of hydrogen-bond acceptors (Lipinski definition) is 2. The van der Waals surface area contributed by atoms with E-state index >= 15 is 0 Å². The molecule has 1 rings (SSSR count). The average molecular weight is 181 g/mol. The van der Waals surface area contributed by atoms with Crippen molar-refractivity contribution < 1.29 is 9.13 Å². The lowest BCUT2D eigenvalue weighted by Crippen LogP contribution is -2.00. The second-order valence-electron chi connectivity index (χ2n) is 2.94. The Labute approximate surface area is 76.8 Å². The fourth-order valence-electron chi connectivity index (χ4n) is 0.835. The fraction of sp³-hybridized carbons (Fsp3) is 0.200. The van der Waals surface area contributed by atoms with Gasteiger partial charge in [-0.25, -0.2) is 4.39 Å². The summed E-state index contributed by atoms with van der Waals surface area (Å²) in [7, 11) is 0. The molecule has 0 saturated carbocycles. The molecule has 0 aliphatic rings. The minimum atomic E-state index is -0.443. The summed E-state index contributed by atoms with van der Waals surface area (Å²) in [4.78, 5) is 0. The second-order valence-corrected chi connectivity index (χ2v) is 2.94. The molecular weight excluding hydrogens is 169 g/mol. The van der Waals surface area contributed by atoms with Gasteiger partial charge in [-0.3, -0.25) is 0 Å². The summed E-state index contributed by atoms with van der Waals surface area (Å²) in [5, 5.41) is 0. The first-order valence-electron chi connectivity index (χ1n) is 3.92. The third kappa shape index (κ3) is 2.78. The van der Waals surface area contributed by atoms with Gasteiger partial charge in [-0.1, -0.05) is 6.58 Å². The van der Waals surface area contributed by atoms with Gasteiger partial charge in [-0.15, -0.1) is 0 Å². The van der Waals surface area contributed by atoms with E-state index in [1.807, 2.05) is 6.92 Å². The van der Waals surface area contributed by atoms with Gasteiger partial charge in [-0.05, 0) is 24.6 Å². The Bertz CT molecular complexity index is 323. The quantitative estimate of drug-likeness (QED) is 0.574. The van der Waals surface area contributed by atoms with Crippen LogP contribution in [-0.2, 0) is 0 Å². The van der Waals surface area contributed by atoms with Crippen LogP contribution in [-0.4, -0.2) is 6.61 Å². The molecule has 0 amide bonds. The van der Waals surface area contributed by atoms with E-state index < -0.39 is 5.82 Å². The Morgan fingerprint density at radius 1 is 1.62 bits per heavy atom. The fourth-order valence-corrected chi connectivity index (χ4v) is 0.835. The van der Waals surface area contributed by atoms with E-state index in [2.05, 4.69) is 6.58 Å². The number of rotatable bonds is 3. The highest BCUT2D eigenvalue weighted by Gasteiger charge is 2.02. The zero-order chi connectivity index (χ0) is 9.84. The van der Waals surface area contributed by atoms with Gasteiger partial charge in [0.15, 0.2) is 11.6 Å². The van der Waals surface area contributed by atoms with Crippen LogP contribution in [0.2, 0.25) is 0 Å². The molecule has 0 saturated heterocycles. The van der Waals surface area contributed by atoms with Gasteiger partial charge < -0.3 is 10.5 Å². The molecule has 0 aromatic heterocycles. The molecule has 1 aromatic rings. The monoisotopic (exact) mass is 181 g/mol. The van der Waals surface area contributed by atoms with Crippen molar-refractivity contribution in [1.29, 1.82) is 0 Å². The van der Waals surface area contributed by atoms with E-state index in [9.17, 15) is 4.39 Å². The van der Waals surface area contributed by atoms with Crippen LogP contribution in [0.5, 0.6) is 5.75 Å². The number of nitrogen functional groups attached to an aromatic ring is 1. The lowest BCUT2D eigenvalue weighted by molar-refractivity contribution is 0.333. The van der Waals surface area contributed by atoms with E-state index in [4.69, 9.17) is 10.5 Å². The van der Waals surface area contributed by atoms with Crippen LogP contribution >= 0.6 is 0 Å². The molecule has 0 spiro atoms. The van der Waals surface area contributed by atoms with E-state index in [1.54, 1.807) is 6.07 Å². The maximum Gasteiger partial charge on any atom is 0.167 e. The van der Waals surface area contributed by atoms with Gasteiger partial charge in [0.2, 0.25) is 0 Å². The summed E-state index contributed by atoms with van der Waals surface area (Å²) in [6.45, 7) is 5.78. The Morgan fingerprint density at radius 2 is 2.31 bits per heavy atom. The molecule has 2 nitrogen and oxygen atoms in total. The first-order valence-corrected chi connectivity index (χ1v) is 3.92. The largest absolute Gasteiger partial charge is 0.486 e. The van der Waals surface area contributed by atoms with Crippen molar-refractivity contribution in [3.05, 3.63) is 36.2 Å². The average Bonchev–Trinajstić information content (AvgIpc) is 2.02. The van der Waals surface area contributed by atoms with Crippen molar-refractivity contribution >= 4 is 5.69 Å². The van der Waals surface area contributed by atoms with Crippen molar-refractivity contribution in [1.82, 2.24) is 0 Å². The van der Waals surface area contributed by atoms with Crippen LogP contribution in [0, 0.1) is 5.82 Å². The van der Waals surface area contributed by atoms with Crippen LogP contribution in [0.15, 0.2) is 30.4 Å². The maximum atomic E-state index is 13.1. The molecule has 13 heavy (non-hydrogen) atoms. The van der Waals surface area contributed by atoms with Crippen molar-refractivity contribution in [3.63, 3.8) is 0 Å². The molecule has 3 heteroatoms. The smallest absolute Gasteiger partial charge is 0.167 e. The molecule has 0 unspecified atom stereocenters. The van der Waals surface area contributed by atoms with E-state index in [-0.39, 0.29) is 5.75 Å². The van der Waals surface area contributed by atoms with Crippen molar-refractivity contribution in [3.8, 4) is 5.75 Å². The Kier molecular flexibility index (Phi) is 2.90. The van der Waals surface area contributed by atoms with Gasteiger partial charge in [0.1, 0.15) is 6.61 Å². The predicted molar refractivity (Wildman–Crippen MR) is 51.1 cm³/mol. The normalized spacial score (nSPS) is 9.69. The number of halogens is 1. The molecule has 0 aliphatic heterocycles. The molecule has 0 atom stereocenters. The van der Waals surface area contributed by atoms with E-state index in [1.165, 1.54) is 12.1 Å². The lowest BCUT2D eigenvalue weighted by atomic mass is 10.3. The zero-order valence-electron chi connectivity index (χ0n) is 7.51. The van der Waals surface area contributed by atoms with Crippen LogP contribution in [0.1, 0.15) is 6.92 Å². The zero-order valence-corrected chi connectivity index (χ0v) is 7.51. The van der Waals surface area contributed by atoms with Gasteiger partial charge >= 0.3 is 0 Å². The molecule has 0 radical (unpaired) electrons. The molecular formula is C10H12FNO. The minimum Gasteiger partial charge on any atom is -0.486 e. The van der Waals surface area contributed by atoms with E-state index in [0.29, 0.717) is 12.3 Å². The summed E-state index contributed by atoms with van der Waals surface area (Å²) in [6, 6.07) is 4.33. The predicted octanol–water partition coefficient (Wildman–Crippen LogP) is 2.36. The van der Waals surface area contributed by atoms with Gasteiger partial charge in [0.25, 0.3) is 0 Å². The van der Waals surface area contributed by atoms with Gasteiger partial charge in [0, 0.05) is 11.8 Å². The first-order chi connectivity index (χ1) is 6.09. The van der Waals surface area contributed by atoms with E-state index in [0.717, 1.165) is 5.57 Å². The third-order valence-corrected chi connectivity index (χ3v) is 1.43. The first kappa shape index (κ1) is 9.58. The summed E-state index contributed by atoms with van der Waals surface area (Å²) in [5.41, 5.74) is 6.60. The highest BCUT2D eigenvalue weighted by Crippen LogP contribution is 2.19. The van der Waals surface area contributed by atoms with Gasteiger partial charge in [0.05, 0.1) is 0 Å². The Balaban J connectivity index is 2.72. The summed E-state index contributed by atoms with van der Waals surface area (Å²) in [6.07, 6.45) is 0. The molecule has 70 valence electrons. The Morgan fingerprint density at radius 3 is 2.85 bits per heavy atom. The van der Waals surface area contributed by atoms with Crippen LogP contribution in [0.3, 0.4) is 0 Å². The van der Waals surface area contributed by atoms with Crippen LogP contribution < -0.4 is 10.5 Å². The molecule has 1 aromatic carbocycles. The van der Waals surface area contributed by atoms with Crippen molar-refractivity contribution in [2.24, 2.45) is 0 Å². The molecule has 0 bridgehead atoms. The molecule has 0 heterocycles. The summed E-state index contributed by atoms with van der Waals surface area (Å²) < 4.78 is 18.2. The third-order valence-electron chi connectivity index (χ3n) is 1.43. The van der Waals surface area contributed by atoms with Crippen LogP contribution in [0.25, 0.3) is 0 Å².